The molecule has 0 spiro atoms. The quantitative estimate of drug-likeness (QED) is 0.677. The van der Waals surface area contributed by atoms with E-state index in [0.717, 1.165) is 0 Å². The number of hydrogen-bond acceptors (Lipinski definition) is 5. The highest BCUT2D eigenvalue weighted by molar-refractivity contribution is 7.91. The average Bonchev–Trinajstić information content (AvgIpc) is 3.09. The summed E-state index contributed by atoms with van der Waals surface area (Å²) in [5.41, 5.74) is 0.524. The lowest BCUT2D eigenvalue weighted by atomic mass is 9.95. The average molecular weight is 470 g/mol. The number of hydrogen-bond donors (Lipinski definition) is 1. The fraction of sp³-hybridized carbons (Fsp3) is 0.571. The van der Waals surface area contributed by atoms with Gasteiger partial charge in [-0.05, 0) is 50.5 Å². The molecule has 0 radical (unpaired) electrons. The summed E-state index contributed by atoms with van der Waals surface area (Å²) in [6.07, 6.45) is 1.76. The minimum Gasteiger partial charge on any atom is -0.351 e. The number of halogens is 1. The zero-order chi connectivity index (χ0) is 22.6. The Morgan fingerprint density at radius 3 is 2.52 bits per heavy atom. The maximum Gasteiger partial charge on any atom is 0.253 e. The van der Waals surface area contributed by atoms with Gasteiger partial charge in [0.1, 0.15) is 0 Å². The van der Waals surface area contributed by atoms with E-state index in [1.54, 1.807) is 36.1 Å². The van der Waals surface area contributed by atoms with Gasteiger partial charge in [-0.25, -0.2) is 8.42 Å². The van der Waals surface area contributed by atoms with Gasteiger partial charge in [-0.3, -0.25) is 14.4 Å². The largest absolute Gasteiger partial charge is 0.351 e. The van der Waals surface area contributed by atoms with Crippen LogP contribution in [0.25, 0.3) is 0 Å². The Bertz CT molecular complexity index is 935. The van der Waals surface area contributed by atoms with Crippen LogP contribution in [0.5, 0.6) is 0 Å². The third-order valence-corrected chi connectivity index (χ3v) is 7.79. The number of carbonyl (C=O) groups excluding carboxylic acids is 3. The second-order valence-corrected chi connectivity index (χ2v) is 10.8. The summed E-state index contributed by atoms with van der Waals surface area (Å²) in [5, 5.41) is 3.27. The molecule has 1 aromatic rings. The van der Waals surface area contributed by atoms with Crippen LogP contribution < -0.4 is 5.32 Å². The van der Waals surface area contributed by atoms with Gasteiger partial charge in [0, 0.05) is 36.3 Å². The van der Waals surface area contributed by atoms with Crippen molar-refractivity contribution in [2.75, 3.05) is 37.7 Å². The van der Waals surface area contributed by atoms with Crippen LogP contribution in [0.15, 0.2) is 24.3 Å². The summed E-state index contributed by atoms with van der Waals surface area (Å²) in [5.74, 6) is -1.01. The van der Waals surface area contributed by atoms with Crippen molar-refractivity contribution in [1.29, 1.82) is 0 Å². The van der Waals surface area contributed by atoms with E-state index in [1.807, 2.05) is 0 Å². The number of likely N-dealkylation sites (tertiary alicyclic amines) is 1. The molecule has 2 aliphatic heterocycles. The molecule has 2 heterocycles. The van der Waals surface area contributed by atoms with Crippen LogP contribution >= 0.6 is 11.6 Å². The Morgan fingerprint density at radius 2 is 1.90 bits per heavy atom. The Morgan fingerprint density at radius 1 is 1.19 bits per heavy atom. The second kappa shape index (κ2) is 9.99. The van der Waals surface area contributed by atoms with E-state index < -0.39 is 15.9 Å². The molecule has 0 bridgehead atoms. The molecule has 1 N–H and O–H groups in total. The van der Waals surface area contributed by atoms with Crippen molar-refractivity contribution in [3.63, 3.8) is 0 Å². The lowest BCUT2D eigenvalue weighted by molar-refractivity contribution is -0.140. The van der Waals surface area contributed by atoms with Crippen LogP contribution in [0.3, 0.4) is 0 Å². The molecular formula is C21H28ClN3O5S. The molecule has 2 aliphatic rings. The SMILES string of the molecule is CCN(CC(=O)N[C@@H]1CCS(=O)(=O)C1)C(=O)[C@H]1CCCN(C(=O)c2ccc(Cl)cc2)C1. The molecule has 0 unspecified atom stereocenters. The standard InChI is InChI=1S/C21H28ClN3O5S/c1-2-24(13-19(26)23-18-9-11-31(29,30)14-18)21(28)16-4-3-10-25(12-16)20(27)15-5-7-17(22)8-6-15/h5-8,16,18H,2-4,9-14H2,1H3,(H,23,26)/t16-,18+/m0/s1. The molecule has 170 valence electrons. The van der Waals surface area contributed by atoms with Crippen molar-refractivity contribution in [1.82, 2.24) is 15.1 Å². The van der Waals surface area contributed by atoms with Gasteiger partial charge in [0.25, 0.3) is 5.91 Å². The van der Waals surface area contributed by atoms with Gasteiger partial charge in [-0.2, -0.15) is 0 Å². The Kier molecular flexibility index (Phi) is 7.59. The number of likely N-dealkylation sites (N-methyl/N-ethyl adjacent to an activating group) is 1. The fourth-order valence-corrected chi connectivity index (χ4v) is 5.90. The first-order chi connectivity index (χ1) is 14.7. The van der Waals surface area contributed by atoms with E-state index in [1.165, 1.54) is 4.90 Å². The highest BCUT2D eigenvalue weighted by Gasteiger charge is 2.33. The maximum atomic E-state index is 13.0. The fourth-order valence-electron chi connectivity index (χ4n) is 4.10. The molecule has 3 amide bonds. The predicted molar refractivity (Wildman–Crippen MR) is 118 cm³/mol. The highest BCUT2D eigenvalue weighted by Crippen LogP contribution is 2.21. The van der Waals surface area contributed by atoms with Crippen LogP contribution in [-0.2, 0) is 19.4 Å². The maximum absolute atomic E-state index is 13.0. The molecule has 31 heavy (non-hydrogen) atoms. The van der Waals surface area contributed by atoms with Crippen molar-refractivity contribution in [3.05, 3.63) is 34.9 Å². The summed E-state index contributed by atoms with van der Waals surface area (Å²) in [4.78, 5) is 41.4. The summed E-state index contributed by atoms with van der Waals surface area (Å²) in [6.45, 7) is 2.92. The van der Waals surface area contributed by atoms with E-state index in [2.05, 4.69) is 5.32 Å². The van der Waals surface area contributed by atoms with Gasteiger partial charge < -0.3 is 15.1 Å². The number of carbonyl (C=O) groups is 3. The molecule has 0 aromatic heterocycles. The van der Waals surface area contributed by atoms with Gasteiger partial charge in [-0.15, -0.1) is 0 Å². The number of nitrogens with one attached hydrogen (secondary N) is 1. The van der Waals surface area contributed by atoms with Crippen molar-refractivity contribution >= 4 is 39.2 Å². The van der Waals surface area contributed by atoms with E-state index in [4.69, 9.17) is 11.6 Å². The Balaban J connectivity index is 1.57. The van der Waals surface area contributed by atoms with Gasteiger partial charge in [0.15, 0.2) is 9.84 Å². The van der Waals surface area contributed by atoms with E-state index in [0.29, 0.717) is 49.5 Å². The topological polar surface area (TPSA) is 104 Å². The summed E-state index contributed by atoms with van der Waals surface area (Å²) < 4.78 is 23.1. The molecule has 3 rings (SSSR count). The number of amides is 3. The van der Waals surface area contributed by atoms with Gasteiger partial charge >= 0.3 is 0 Å². The zero-order valence-corrected chi connectivity index (χ0v) is 19.1. The summed E-state index contributed by atoms with van der Waals surface area (Å²) in [7, 11) is -3.09. The Hall–Kier alpha value is -2.13. The molecule has 2 atom stereocenters. The van der Waals surface area contributed by atoms with Crippen LogP contribution in [0.2, 0.25) is 5.02 Å². The van der Waals surface area contributed by atoms with Crippen LogP contribution in [-0.4, -0.2) is 79.7 Å². The molecular weight excluding hydrogens is 442 g/mol. The van der Waals surface area contributed by atoms with E-state index in [9.17, 15) is 22.8 Å². The summed E-state index contributed by atoms with van der Waals surface area (Å²) in [6, 6.07) is 6.26. The molecule has 2 saturated heterocycles. The number of benzene rings is 1. The van der Waals surface area contributed by atoms with Gasteiger partial charge in [0.2, 0.25) is 11.8 Å². The third-order valence-electron chi connectivity index (χ3n) is 5.77. The van der Waals surface area contributed by atoms with E-state index in [-0.39, 0.29) is 41.7 Å². The van der Waals surface area contributed by atoms with Crippen LogP contribution in [0.4, 0.5) is 0 Å². The first kappa shape index (κ1) is 23.5. The van der Waals surface area contributed by atoms with E-state index >= 15 is 0 Å². The van der Waals surface area contributed by atoms with Crippen LogP contribution in [0.1, 0.15) is 36.5 Å². The highest BCUT2D eigenvalue weighted by atomic mass is 35.5. The minimum absolute atomic E-state index is 0.0524. The van der Waals surface area contributed by atoms with Crippen molar-refractivity contribution < 1.29 is 22.8 Å². The first-order valence-corrected chi connectivity index (χ1v) is 12.7. The van der Waals surface area contributed by atoms with Crippen molar-refractivity contribution in [3.8, 4) is 0 Å². The normalized spacial score (nSPS) is 22.7. The molecule has 0 aliphatic carbocycles. The monoisotopic (exact) mass is 469 g/mol. The van der Waals surface area contributed by atoms with Crippen LogP contribution in [0, 0.1) is 5.92 Å². The summed E-state index contributed by atoms with van der Waals surface area (Å²) >= 11 is 5.89. The van der Waals surface area contributed by atoms with Gasteiger partial charge in [-0.1, -0.05) is 11.6 Å². The molecule has 8 nitrogen and oxygen atoms in total. The number of rotatable bonds is 6. The molecule has 10 heteroatoms. The lowest BCUT2D eigenvalue weighted by Crippen LogP contribution is -2.50. The molecule has 0 saturated carbocycles. The minimum atomic E-state index is -3.09. The third kappa shape index (κ3) is 6.20. The van der Waals surface area contributed by atoms with Gasteiger partial charge in [0.05, 0.1) is 24.0 Å². The number of piperidine rings is 1. The Labute approximate surface area is 187 Å². The van der Waals surface area contributed by atoms with Crippen molar-refractivity contribution in [2.45, 2.75) is 32.2 Å². The smallest absolute Gasteiger partial charge is 0.253 e. The second-order valence-electron chi connectivity index (χ2n) is 8.12. The number of sulfone groups is 1. The first-order valence-electron chi connectivity index (χ1n) is 10.5. The lowest BCUT2D eigenvalue weighted by Gasteiger charge is -2.34. The predicted octanol–water partition coefficient (Wildman–Crippen LogP) is 1.34. The van der Waals surface area contributed by atoms with Crippen molar-refractivity contribution in [2.24, 2.45) is 5.92 Å². The zero-order valence-electron chi connectivity index (χ0n) is 17.5. The molecule has 2 fully saturated rings. The molecule has 1 aromatic carbocycles. The number of nitrogens with zero attached hydrogens (tertiary/aromatic N) is 2.